The standard InChI is InChI=1S/C59H73F7O7/c1-3-5-37-6-8-38(9-7-37)35-70-54-31-22-44(45-20-29-49(53(60)34-45)42-18-27-48(28-19-42)73-57(69)59(64,65)66)33-52(54)51-32-43(41-12-10-36(4-2)11-13-41)21-30-50(51)55(67)71-46-23-14-39(15-24-46)40-16-25-47(26-17-40)72-56(68)58(61,62)63/h20-22,29-34,36-42,46-48H,3-19,23-28,35H2,1-2H3. The van der Waals surface area contributed by atoms with Gasteiger partial charge in [0.25, 0.3) is 0 Å². The lowest BCUT2D eigenvalue weighted by molar-refractivity contribution is -0.206. The molecular formula is C59H73F7O7. The van der Waals surface area contributed by atoms with Crippen molar-refractivity contribution in [1.29, 1.82) is 0 Å². The van der Waals surface area contributed by atoms with E-state index in [1.165, 1.54) is 31.7 Å². The summed E-state index contributed by atoms with van der Waals surface area (Å²) in [5.74, 6) is -2.06. The lowest BCUT2D eigenvalue weighted by Gasteiger charge is -2.37. The SMILES string of the molecule is CCCC1CCC(COc2ccc(-c3ccc(C4CCC(OC(=O)C(F)(F)F)CC4)c(F)c3)cc2-c2cc(C3CCC(CC)CC3)ccc2C(=O)OC2CCC(C3CCC(OC(=O)C(F)(F)F)CC3)CC2)CC1. The molecule has 0 aliphatic heterocycles. The summed E-state index contributed by atoms with van der Waals surface area (Å²) in [7, 11) is 0. The second-order valence-corrected chi connectivity index (χ2v) is 22.1. The molecule has 8 rings (SSSR count). The summed E-state index contributed by atoms with van der Waals surface area (Å²) in [4.78, 5) is 37.5. The normalized spacial score (nSPS) is 28.2. The Bertz CT molecular complexity index is 2320. The van der Waals surface area contributed by atoms with E-state index in [-0.39, 0.29) is 24.9 Å². The lowest BCUT2D eigenvalue weighted by Crippen LogP contribution is -2.34. The molecule has 3 aromatic rings. The summed E-state index contributed by atoms with van der Waals surface area (Å²) in [5, 5.41) is 0. The first-order chi connectivity index (χ1) is 34.9. The zero-order valence-electron chi connectivity index (χ0n) is 42.4. The molecule has 3 aromatic carbocycles. The van der Waals surface area contributed by atoms with E-state index in [1.54, 1.807) is 6.07 Å². The molecule has 400 valence electrons. The van der Waals surface area contributed by atoms with E-state index in [2.05, 4.69) is 26.0 Å². The molecule has 14 heteroatoms. The van der Waals surface area contributed by atoms with Gasteiger partial charge in [0.05, 0.1) is 12.2 Å². The summed E-state index contributed by atoms with van der Waals surface area (Å²) < 4.78 is 116. The average Bonchev–Trinajstić information content (AvgIpc) is 3.38. The van der Waals surface area contributed by atoms with Gasteiger partial charge >= 0.3 is 30.3 Å². The van der Waals surface area contributed by atoms with Crippen LogP contribution in [0, 0.1) is 35.4 Å². The van der Waals surface area contributed by atoms with Crippen LogP contribution < -0.4 is 4.74 Å². The van der Waals surface area contributed by atoms with E-state index in [4.69, 9.17) is 18.9 Å². The number of esters is 3. The topological polar surface area (TPSA) is 88.1 Å². The third-order valence-electron chi connectivity index (χ3n) is 17.4. The number of rotatable bonds is 15. The number of hydrogen-bond donors (Lipinski definition) is 0. The zero-order valence-corrected chi connectivity index (χ0v) is 42.4. The maximum atomic E-state index is 16.2. The molecule has 0 aromatic heterocycles. The van der Waals surface area contributed by atoms with E-state index in [0.717, 1.165) is 74.8 Å². The van der Waals surface area contributed by atoms with Crippen molar-refractivity contribution in [1.82, 2.24) is 0 Å². The minimum atomic E-state index is -5.07. The molecule has 0 saturated heterocycles. The van der Waals surface area contributed by atoms with Crippen LogP contribution in [0.15, 0.2) is 54.6 Å². The van der Waals surface area contributed by atoms with Gasteiger partial charge in [0, 0.05) is 11.1 Å². The largest absolute Gasteiger partial charge is 0.493 e. The molecule has 73 heavy (non-hydrogen) atoms. The van der Waals surface area contributed by atoms with E-state index < -0.39 is 48.3 Å². The highest BCUT2D eigenvalue weighted by Crippen LogP contribution is 2.45. The molecule has 0 N–H and O–H groups in total. The molecule has 0 radical (unpaired) electrons. The molecule has 5 saturated carbocycles. The fourth-order valence-electron chi connectivity index (χ4n) is 13.0. The van der Waals surface area contributed by atoms with Crippen LogP contribution in [0.1, 0.15) is 195 Å². The van der Waals surface area contributed by atoms with E-state index in [0.29, 0.717) is 121 Å². The molecule has 0 heterocycles. The molecule has 5 aliphatic carbocycles. The molecule has 0 unspecified atom stereocenters. The lowest BCUT2D eigenvalue weighted by atomic mass is 9.72. The second kappa shape index (κ2) is 24.4. The van der Waals surface area contributed by atoms with Crippen LogP contribution in [0.25, 0.3) is 22.3 Å². The van der Waals surface area contributed by atoms with Gasteiger partial charge in [-0.2, -0.15) is 26.3 Å². The van der Waals surface area contributed by atoms with Crippen molar-refractivity contribution in [3.05, 3.63) is 77.1 Å². The number of hydrogen-bond acceptors (Lipinski definition) is 7. The first-order valence-corrected chi connectivity index (χ1v) is 27.4. The number of benzene rings is 3. The van der Waals surface area contributed by atoms with Crippen molar-refractivity contribution < 1.29 is 64.1 Å². The molecule has 0 atom stereocenters. The van der Waals surface area contributed by atoms with E-state index in [1.807, 2.05) is 30.3 Å². The predicted molar refractivity (Wildman–Crippen MR) is 264 cm³/mol. The maximum absolute atomic E-state index is 16.2. The van der Waals surface area contributed by atoms with Crippen LogP contribution >= 0.6 is 0 Å². The smallest absolute Gasteiger partial charge is 0.490 e. The first kappa shape index (κ1) is 54.6. The molecule has 5 fully saturated rings. The average molecular weight is 1030 g/mol. The summed E-state index contributed by atoms with van der Waals surface area (Å²) in [6, 6.07) is 17.0. The number of ether oxygens (including phenoxy) is 4. The first-order valence-electron chi connectivity index (χ1n) is 27.4. The zero-order chi connectivity index (χ0) is 51.9. The van der Waals surface area contributed by atoms with Gasteiger partial charge in [0.1, 0.15) is 29.9 Å². The van der Waals surface area contributed by atoms with Gasteiger partial charge < -0.3 is 18.9 Å². The summed E-state index contributed by atoms with van der Waals surface area (Å²) in [6.45, 7) is 5.00. The highest BCUT2D eigenvalue weighted by atomic mass is 19.4. The summed E-state index contributed by atoms with van der Waals surface area (Å²) in [5.41, 5.74) is 4.76. The number of halogens is 7. The Morgan fingerprint density at radius 3 is 1.58 bits per heavy atom. The van der Waals surface area contributed by atoms with Crippen LogP contribution in [0.5, 0.6) is 5.75 Å². The minimum absolute atomic E-state index is 0.199. The van der Waals surface area contributed by atoms with Crippen LogP contribution in [-0.4, -0.2) is 55.2 Å². The molecular weight excluding hydrogens is 954 g/mol. The van der Waals surface area contributed by atoms with E-state index in [9.17, 15) is 40.7 Å². The Hall–Kier alpha value is -4.62. The Morgan fingerprint density at radius 1 is 0.521 bits per heavy atom. The van der Waals surface area contributed by atoms with Gasteiger partial charge in [0.15, 0.2) is 0 Å². The minimum Gasteiger partial charge on any atom is -0.493 e. The van der Waals surface area contributed by atoms with Crippen molar-refractivity contribution in [2.24, 2.45) is 29.6 Å². The van der Waals surface area contributed by atoms with Crippen molar-refractivity contribution in [2.75, 3.05) is 6.61 Å². The number of alkyl halides is 6. The van der Waals surface area contributed by atoms with Crippen molar-refractivity contribution in [3.8, 4) is 28.0 Å². The second-order valence-electron chi connectivity index (χ2n) is 22.1. The fraction of sp³-hybridized carbons (Fsp3) is 0.644. The van der Waals surface area contributed by atoms with Gasteiger partial charge in [0.2, 0.25) is 0 Å². The molecule has 0 bridgehead atoms. The number of carbonyl (C=O) groups is 3. The third-order valence-corrected chi connectivity index (χ3v) is 17.4. The van der Waals surface area contributed by atoms with Crippen LogP contribution in [0.4, 0.5) is 30.7 Å². The van der Waals surface area contributed by atoms with Crippen LogP contribution in [0.2, 0.25) is 0 Å². The van der Waals surface area contributed by atoms with Gasteiger partial charge in [-0.05, 0) is 210 Å². The Balaban J connectivity index is 1.04. The summed E-state index contributed by atoms with van der Waals surface area (Å²) in [6.07, 6.45) is 6.67. The number of carbonyl (C=O) groups excluding carboxylic acids is 3. The van der Waals surface area contributed by atoms with Gasteiger partial charge in [-0.15, -0.1) is 0 Å². The van der Waals surface area contributed by atoms with Crippen molar-refractivity contribution >= 4 is 17.9 Å². The summed E-state index contributed by atoms with van der Waals surface area (Å²) >= 11 is 0. The quantitative estimate of drug-likeness (QED) is 0.0851. The Morgan fingerprint density at radius 2 is 1.03 bits per heavy atom. The molecule has 0 amide bonds. The monoisotopic (exact) mass is 1030 g/mol. The van der Waals surface area contributed by atoms with Gasteiger partial charge in [-0.25, -0.2) is 18.8 Å². The van der Waals surface area contributed by atoms with Gasteiger partial charge in [-0.3, -0.25) is 0 Å². The van der Waals surface area contributed by atoms with Crippen LogP contribution in [-0.2, 0) is 23.8 Å². The predicted octanol–water partition coefficient (Wildman–Crippen LogP) is 16.3. The third kappa shape index (κ3) is 14.2. The highest BCUT2D eigenvalue weighted by molar-refractivity contribution is 5.99. The molecule has 7 nitrogen and oxygen atoms in total. The fourth-order valence-corrected chi connectivity index (χ4v) is 13.0. The maximum Gasteiger partial charge on any atom is 0.490 e. The van der Waals surface area contributed by atoms with Crippen LogP contribution in [0.3, 0.4) is 0 Å². The Kier molecular flexibility index (Phi) is 18.2. The van der Waals surface area contributed by atoms with Crippen molar-refractivity contribution in [2.45, 2.75) is 204 Å². The van der Waals surface area contributed by atoms with E-state index >= 15 is 4.39 Å². The highest BCUT2D eigenvalue weighted by Gasteiger charge is 2.44. The molecule has 0 spiro atoms. The van der Waals surface area contributed by atoms with Crippen molar-refractivity contribution in [3.63, 3.8) is 0 Å². The Labute approximate surface area is 426 Å². The van der Waals surface area contributed by atoms with Gasteiger partial charge in [-0.1, -0.05) is 70.2 Å². The molecule has 5 aliphatic rings.